The van der Waals surface area contributed by atoms with E-state index in [2.05, 4.69) is 4.74 Å². The van der Waals surface area contributed by atoms with E-state index in [1.807, 2.05) is 0 Å². The van der Waals surface area contributed by atoms with Crippen molar-refractivity contribution >= 4 is 5.91 Å². The molecular weight excluding hydrogens is 330 g/mol. The number of carbonyl (C=O) groups excluding carboxylic acids is 1. The highest BCUT2D eigenvalue weighted by Gasteiger charge is 2.33. The molecule has 0 unspecified atom stereocenters. The first-order chi connectivity index (χ1) is 12.0. The first-order valence-corrected chi connectivity index (χ1v) is 8.61. The summed E-state index contributed by atoms with van der Waals surface area (Å²) in [4.78, 5) is 14.3. The van der Waals surface area contributed by atoms with E-state index in [-0.39, 0.29) is 29.2 Å². The minimum Gasteiger partial charge on any atom is -0.490 e. The minimum atomic E-state index is -2.91. The molecule has 7 heteroatoms. The molecule has 1 aliphatic carbocycles. The van der Waals surface area contributed by atoms with E-state index in [1.165, 1.54) is 6.07 Å². The Hall–Kier alpha value is -1.89. The molecule has 1 aromatic carbocycles. The summed E-state index contributed by atoms with van der Waals surface area (Å²) in [6.07, 6.45) is 2.89. The van der Waals surface area contributed by atoms with Crippen LogP contribution in [0.2, 0.25) is 0 Å². The Labute approximate surface area is 147 Å². The third kappa shape index (κ3) is 5.04. The van der Waals surface area contributed by atoms with Gasteiger partial charge in [-0.3, -0.25) is 4.79 Å². The highest BCUT2D eigenvalue weighted by atomic mass is 19.3. The monoisotopic (exact) mass is 356 g/mol. The summed E-state index contributed by atoms with van der Waals surface area (Å²) in [5, 5.41) is 0. The highest BCUT2D eigenvalue weighted by molar-refractivity contribution is 5.79. The molecule has 0 radical (unpaired) electrons. The van der Waals surface area contributed by atoms with Gasteiger partial charge in [0.15, 0.2) is 11.5 Å². The number of carbonyl (C=O) groups is 1. The van der Waals surface area contributed by atoms with Crippen LogP contribution >= 0.6 is 0 Å². The third-order valence-corrected chi connectivity index (χ3v) is 4.60. The van der Waals surface area contributed by atoms with Crippen molar-refractivity contribution in [1.29, 1.82) is 0 Å². The van der Waals surface area contributed by atoms with Crippen LogP contribution in [0.25, 0.3) is 0 Å². The Morgan fingerprint density at radius 3 is 2.76 bits per heavy atom. The topological polar surface area (TPSA) is 64.8 Å². The molecule has 1 fully saturated rings. The lowest BCUT2D eigenvalue weighted by molar-refractivity contribution is -0.135. The number of nitrogens with two attached hydrogens (primary N) is 1. The second kappa shape index (κ2) is 8.99. The number of rotatable bonds is 8. The van der Waals surface area contributed by atoms with Crippen LogP contribution in [0.1, 0.15) is 31.7 Å². The number of amides is 1. The molecule has 0 aromatic heterocycles. The number of hydrogen-bond donors (Lipinski definition) is 1. The number of ether oxygens (including phenoxy) is 2. The fourth-order valence-corrected chi connectivity index (χ4v) is 3.39. The molecule has 1 aromatic rings. The van der Waals surface area contributed by atoms with Crippen LogP contribution in [0.3, 0.4) is 0 Å². The van der Waals surface area contributed by atoms with Crippen molar-refractivity contribution in [3.8, 4) is 11.5 Å². The van der Waals surface area contributed by atoms with Gasteiger partial charge in [0.25, 0.3) is 0 Å². The van der Waals surface area contributed by atoms with Gasteiger partial charge < -0.3 is 20.1 Å². The second-order valence-corrected chi connectivity index (χ2v) is 6.32. The van der Waals surface area contributed by atoms with Crippen molar-refractivity contribution in [1.82, 2.24) is 4.90 Å². The highest BCUT2D eigenvalue weighted by Crippen LogP contribution is 2.33. The summed E-state index contributed by atoms with van der Waals surface area (Å²) in [7, 11) is 1.75. The predicted molar refractivity (Wildman–Crippen MR) is 90.6 cm³/mol. The number of nitrogens with zero attached hydrogens (tertiary/aromatic N) is 1. The molecule has 2 N–H and O–H groups in total. The van der Waals surface area contributed by atoms with Gasteiger partial charge in [-0.15, -0.1) is 0 Å². The van der Waals surface area contributed by atoms with Gasteiger partial charge in [0.1, 0.15) is 0 Å². The molecule has 1 aliphatic rings. The molecule has 0 saturated heterocycles. The summed E-state index contributed by atoms with van der Waals surface area (Å²) < 4.78 is 34.8. The molecule has 0 heterocycles. The molecule has 0 spiro atoms. The summed E-state index contributed by atoms with van der Waals surface area (Å²) in [5.74, 6) is 0.549. The molecule has 5 nitrogen and oxygen atoms in total. The van der Waals surface area contributed by atoms with Crippen LogP contribution in [0.15, 0.2) is 18.2 Å². The zero-order valence-corrected chi connectivity index (χ0v) is 14.7. The van der Waals surface area contributed by atoms with E-state index in [9.17, 15) is 13.6 Å². The Morgan fingerprint density at radius 2 is 2.12 bits per heavy atom. The fraction of sp³-hybridized carbons (Fsp3) is 0.611. The SMILES string of the molecule is CCOc1cc(CN(C)C(=O)[C@@H]2CCC[C@@H]2CN)ccc1OC(F)F. The van der Waals surface area contributed by atoms with Crippen molar-refractivity contribution in [2.75, 3.05) is 20.2 Å². The fourth-order valence-electron chi connectivity index (χ4n) is 3.39. The van der Waals surface area contributed by atoms with Gasteiger partial charge in [-0.05, 0) is 49.9 Å². The van der Waals surface area contributed by atoms with Crippen molar-refractivity contribution in [3.05, 3.63) is 23.8 Å². The molecule has 0 bridgehead atoms. The standard InChI is InChI=1S/C18H26F2N2O3/c1-3-24-16-9-12(7-8-15(16)25-18(19)20)11-22(2)17(23)14-6-4-5-13(14)10-21/h7-9,13-14,18H,3-6,10-11,21H2,1-2H3/t13-,14-/m1/s1. The van der Waals surface area contributed by atoms with E-state index in [4.69, 9.17) is 10.5 Å². The summed E-state index contributed by atoms with van der Waals surface area (Å²) in [6, 6.07) is 4.75. The van der Waals surface area contributed by atoms with Crippen molar-refractivity contribution in [2.24, 2.45) is 17.6 Å². The summed E-state index contributed by atoms with van der Waals surface area (Å²) in [5.41, 5.74) is 6.56. The van der Waals surface area contributed by atoms with Crippen molar-refractivity contribution < 1.29 is 23.0 Å². The molecule has 1 saturated carbocycles. The second-order valence-electron chi connectivity index (χ2n) is 6.32. The predicted octanol–water partition coefficient (Wildman–Crippen LogP) is 3.02. The lowest BCUT2D eigenvalue weighted by atomic mass is 9.95. The van der Waals surface area contributed by atoms with Crippen molar-refractivity contribution in [3.63, 3.8) is 0 Å². The van der Waals surface area contributed by atoms with Crippen LogP contribution < -0.4 is 15.2 Å². The van der Waals surface area contributed by atoms with E-state index in [1.54, 1.807) is 31.0 Å². The van der Waals surface area contributed by atoms with Gasteiger partial charge in [-0.25, -0.2) is 0 Å². The lowest BCUT2D eigenvalue weighted by Gasteiger charge is -2.25. The van der Waals surface area contributed by atoms with Gasteiger partial charge in [0.2, 0.25) is 5.91 Å². The summed E-state index contributed by atoms with van der Waals surface area (Å²) >= 11 is 0. The van der Waals surface area contributed by atoms with Crippen molar-refractivity contribution in [2.45, 2.75) is 39.3 Å². The van der Waals surface area contributed by atoms with Gasteiger partial charge in [-0.2, -0.15) is 8.78 Å². The number of benzene rings is 1. The minimum absolute atomic E-state index is 0.00596. The van der Waals surface area contributed by atoms with Gasteiger partial charge in [0.05, 0.1) is 6.61 Å². The Morgan fingerprint density at radius 1 is 1.36 bits per heavy atom. The van der Waals surface area contributed by atoms with E-state index in [0.717, 1.165) is 24.8 Å². The maximum absolute atomic E-state index is 12.7. The maximum Gasteiger partial charge on any atom is 0.387 e. The molecule has 0 aliphatic heterocycles. The molecule has 2 atom stereocenters. The molecule has 2 rings (SSSR count). The zero-order valence-electron chi connectivity index (χ0n) is 14.7. The number of halogens is 2. The van der Waals surface area contributed by atoms with Crippen LogP contribution in [-0.2, 0) is 11.3 Å². The number of alkyl halides is 2. The van der Waals surface area contributed by atoms with Gasteiger partial charge in [0, 0.05) is 19.5 Å². The molecule has 140 valence electrons. The quantitative estimate of drug-likeness (QED) is 0.778. The van der Waals surface area contributed by atoms with Crippen LogP contribution in [0.5, 0.6) is 11.5 Å². The van der Waals surface area contributed by atoms with Crippen LogP contribution in [0, 0.1) is 11.8 Å². The van der Waals surface area contributed by atoms with Crippen LogP contribution in [0.4, 0.5) is 8.78 Å². The molecular formula is C18H26F2N2O3. The van der Waals surface area contributed by atoms with E-state index >= 15 is 0 Å². The molecule has 1 amide bonds. The average Bonchev–Trinajstić information content (AvgIpc) is 3.05. The first kappa shape index (κ1) is 19.4. The Balaban J connectivity index is 2.08. The largest absolute Gasteiger partial charge is 0.490 e. The Bertz CT molecular complexity index is 583. The first-order valence-electron chi connectivity index (χ1n) is 8.61. The molecule has 25 heavy (non-hydrogen) atoms. The van der Waals surface area contributed by atoms with E-state index < -0.39 is 6.61 Å². The normalized spacial score (nSPS) is 19.9. The van der Waals surface area contributed by atoms with Gasteiger partial charge in [-0.1, -0.05) is 12.5 Å². The van der Waals surface area contributed by atoms with Gasteiger partial charge >= 0.3 is 6.61 Å². The van der Waals surface area contributed by atoms with Crippen LogP contribution in [-0.4, -0.2) is 37.6 Å². The average molecular weight is 356 g/mol. The smallest absolute Gasteiger partial charge is 0.387 e. The lowest BCUT2D eigenvalue weighted by Crippen LogP contribution is -2.36. The Kier molecular flexibility index (Phi) is 6.99. The maximum atomic E-state index is 12.7. The zero-order chi connectivity index (χ0) is 18.4. The van der Waals surface area contributed by atoms with E-state index in [0.29, 0.717) is 19.7 Å². The number of hydrogen-bond acceptors (Lipinski definition) is 4. The summed E-state index contributed by atoms with van der Waals surface area (Å²) in [6.45, 7) is 0.0875. The third-order valence-electron chi connectivity index (χ3n) is 4.60.